The van der Waals surface area contributed by atoms with Gasteiger partial charge in [-0.2, -0.15) is 0 Å². The molecular weight excluding hydrogens is 428 g/mol. The smallest absolute Gasteiger partial charge is 0.329 e. The molecule has 0 saturated carbocycles. The summed E-state index contributed by atoms with van der Waals surface area (Å²) in [6.45, 7) is 10.5. The third-order valence-electron chi connectivity index (χ3n) is 3.33. The van der Waals surface area contributed by atoms with Crippen LogP contribution in [0.1, 0.15) is 27.2 Å². The number of ether oxygens (including phenoxy) is 8. The molecule has 11 nitrogen and oxygen atoms in total. The van der Waals surface area contributed by atoms with Gasteiger partial charge in [0.25, 0.3) is 0 Å². The molecule has 0 aliphatic rings. The van der Waals surface area contributed by atoms with Crippen molar-refractivity contribution >= 4 is 11.9 Å². The maximum atomic E-state index is 11.5. The van der Waals surface area contributed by atoms with Gasteiger partial charge in [-0.05, 0) is 20.8 Å². The minimum absolute atomic E-state index is 0.227. The molecule has 0 bridgehead atoms. The van der Waals surface area contributed by atoms with Gasteiger partial charge in [0.1, 0.15) is 12.2 Å². The van der Waals surface area contributed by atoms with E-state index in [-0.39, 0.29) is 25.6 Å². The van der Waals surface area contributed by atoms with E-state index in [2.05, 4.69) is 0 Å². The van der Waals surface area contributed by atoms with Gasteiger partial charge in [-0.3, -0.25) is 4.79 Å². The van der Waals surface area contributed by atoms with Crippen LogP contribution in [0.3, 0.4) is 0 Å². The minimum atomic E-state index is -0.998. The molecular formula is C21H40O11. The lowest BCUT2D eigenvalue weighted by atomic mass is 10.2. The summed E-state index contributed by atoms with van der Waals surface area (Å²) in [5.41, 5.74) is -0.474. The highest BCUT2D eigenvalue weighted by molar-refractivity contribution is 5.69. The second kappa shape index (κ2) is 21.5. The molecule has 0 unspecified atom stereocenters. The first kappa shape index (κ1) is 30.7. The van der Waals surface area contributed by atoms with E-state index in [1.165, 1.54) is 0 Å². The minimum Gasteiger partial charge on any atom is -0.480 e. The van der Waals surface area contributed by atoms with Crippen LogP contribution in [0, 0.1) is 0 Å². The average Bonchev–Trinajstić information content (AvgIpc) is 2.70. The van der Waals surface area contributed by atoms with Crippen molar-refractivity contribution in [2.24, 2.45) is 0 Å². The SMILES string of the molecule is CC(C)(C)OC(=O)CCOCCOCCOCCOCCOCCOCCOCC(=O)O. The summed E-state index contributed by atoms with van der Waals surface area (Å²) in [7, 11) is 0. The molecule has 11 heteroatoms. The highest BCUT2D eigenvalue weighted by Gasteiger charge is 2.15. The first-order chi connectivity index (χ1) is 15.3. The van der Waals surface area contributed by atoms with Gasteiger partial charge in [0.2, 0.25) is 0 Å². The number of aliphatic carboxylic acids is 1. The van der Waals surface area contributed by atoms with Crippen molar-refractivity contribution < 1.29 is 52.6 Å². The topological polar surface area (TPSA) is 128 Å². The van der Waals surface area contributed by atoms with E-state index in [9.17, 15) is 9.59 Å². The third-order valence-corrected chi connectivity index (χ3v) is 3.33. The Labute approximate surface area is 190 Å². The fraction of sp³-hybridized carbons (Fsp3) is 0.905. The van der Waals surface area contributed by atoms with Gasteiger partial charge in [-0.1, -0.05) is 0 Å². The number of hydrogen-bond donors (Lipinski definition) is 1. The molecule has 0 rings (SSSR count). The second-order valence-corrected chi connectivity index (χ2v) is 7.46. The molecule has 32 heavy (non-hydrogen) atoms. The van der Waals surface area contributed by atoms with Gasteiger partial charge in [0.15, 0.2) is 0 Å². The zero-order valence-electron chi connectivity index (χ0n) is 19.6. The highest BCUT2D eigenvalue weighted by Crippen LogP contribution is 2.07. The van der Waals surface area contributed by atoms with Gasteiger partial charge in [-0.25, -0.2) is 4.79 Å². The summed E-state index contributed by atoms with van der Waals surface area (Å²) in [5.74, 6) is -1.27. The highest BCUT2D eigenvalue weighted by atomic mass is 16.6. The number of esters is 1. The number of rotatable bonds is 23. The van der Waals surface area contributed by atoms with Crippen molar-refractivity contribution in [3.63, 3.8) is 0 Å². The van der Waals surface area contributed by atoms with Crippen molar-refractivity contribution in [1.82, 2.24) is 0 Å². The van der Waals surface area contributed by atoms with E-state index in [0.29, 0.717) is 79.3 Å². The number of hydrogen-bond acceptors (Lipinski definition) is 10. The summed E-state index contributed by atoms with van der Waals surface area (Å²) in [4.78, 5) is 21.7. The maximum Gasteiger partial charge on any atom is 0.329 e. The summed E-state index contributed by atoms with van der Waals surface area (Å²) in [5, 5.41) is 8.38. The van der Waals surface area contributed by atoms with Crippen LogP contribution in [0.25, 0.3) is 0 Å². The van der Waals surface area contributed by atoms with Crippen LogP contribution in [0.2, 0.25) is 0 Å². The zero-order valence-corrected chi connectivity index (χ0v) is 19.6. The van der Waals surface area contributed by atoms with Crippen molar-refractivity contribution in [3.8, 4) is 0 Å². The molecule has 0 fully saturated rings. The molecule has 0 heterocycles. The van der Waals surface area contributed by atoms with Crippen LogP contribution >= 0.6 is 0 Å². The molecule has 0 aliphatic heterocycles. The van der Waals surface area contributed by atoms with E-state index in [0.717, 1.165) is 0 Å². The van der Waals surface area contributed by atoms with Crippen molar-refractivity contribution in [3.05, 3.63) is 0 Å². The number of carboxylic acids is 1. The lowest BCUT2D eigenvalue weighted by Crippen LogP contribution is -2.24. The summed E-state index contributed by atoms with van der Waals surface area (Å²) >= 11 is 0. The Balaban J connectivity index is 3.12. The predicted molar refractivity (Wildman–Crippen MR) is 114 cm³/mol. The normalized spacial score (nSPS) is 11.6. The van der Waals surface area contributed by atoms with Crippen LogP contribution < -0.4 is 0 Å². The molecule has 190 valence electrons. The number of carbonyl (C=O) groups is 2. The molecule has 0 aliphatic carbocycles. The van der Waals surface area contributed by atoms with Crippen LogP contribution in [-0.2, 0) is 47.5 Å². The molecule has 0 radical (unpaired) electrons. The van der Waals surface area contributed by atoms with E-state index in [4.69, 9.17) is 43.0 Å². The largest absolute Gasteiger partial charge is 0.480 e. The van der Waals surface area contributed by atoms with Gasteiger partial charge >= 0.3 is 11.9 Å². The van der Waals surface area contributed by atoms with Crippen molar-refractivity contribution in [1.29, 1.82) is 0 Å². The van der Waals surface area contributed by atoms with Crippen molar-refractivity contribution in [2.45, 2.75) is 32.8 Å². The van der Waals surface area contributed by atoms with Crippen LogP contribution in [0.5, 0.6) is 0 Å². The molecule has 0 spiro atoms. The lowest BCUT2D eigenvalue weighted by molar-refractivity contribution is -0.156. The number of carbonyl (C=O) groups excluding carboxylic acids is 1. The van der Waals surface area contributed by atoms with E-state index in [1.807, 2.05) is 20.8 Å². The molecule has 0 aromatic heterocycles. The fourth-order valence-corrected chi connectivity index (χ4v) is 2.03. The predicted octanol–water partition coefficient (Wildman–Crippen LogP) is 0.919. The average molecular weight is 469 g/mol. The van der Waals surface area contributed by atoms with E-state index < -0.39 is 11.6 Å². The fourth-order valence-electron chi connectivity index (χ4n) is 2.03. The molecule has 0 saturated heterocycles. The standard InChI is InChI=1S/C21H40O11/c1-21(2,3)32-20(24)4-5-25-6-7-26-8-9-27-10-11-28-12-13-29-14-15-30-16-17-31-18-19(22)23/h4-18H2,1-3H3,(H,22,23). The Hall–Kier alpha value is -1.34. The summed E-state index contributed by atoms with van der Waals surface area (Å²) < 4.78 is 42.0. The van der Waals surface area contributed by atoms with Gasteiger partial charge in [-0.15, -0.1) is 0 Å². The lowest BCUT2D eigenvalue weighted by Gasteiger charge is -2.19. The van der Waals surface area contributed by atoms with Crippen LogP contribution in [0.4, 0.5) is 0 Å². The maximum absolute atomic E-state index is 11.5. The quantitative estimate of drug-likeness (QED) is 0.170. The summed E-state index contributed by atoms with van der Waals surface area (Å²) in [6, 6.07) is 0. The van der Waals surface area contributed by atoms with Gasteiger partial charge < -0.3 is 43.0 Å². The monoisotopic (exact) mass is 468 g/mol. The Bertz CT molecular complexity index is 452. The van der Waals surface area contributed by atoms with Crippen molar-refractivity contribution in [2.75, 3.05) is 92.5 Å². The Morgan fingerprint density at radius 2 is 0.875 bits per heavy atom. The number of carboxylic acid groups (broad SMARTS) is 1. The van der Waals surface area contributed by atoms with Crippen LogP contribution in [-0.4, -0.2) is 115 Å². The Morgan fingerprint density at radius 3 is 1.19 bits per heavy atom. The third kappa shape index (κ3) is 26.7. The molecule has 0 amide bonds. The zero-order chi connectivity index (χ0) is 23.9. The molecule has 0 atom stereocenters. The molecule has 1 N–H and O–H groups in total. The Kier molecular flexibility index (Phi) is 20.6. The second-order valence-electron chi connectivity index (χ2n) is 7.46. The van der Waals surface area contributed by atoms with E-state index in [1.54, 1.807) is 0 Å². The van der Waals surface area contributed by atoms with Crippen LogP contribution in [0.15, 0.2) is 0 Å². The van der Waals surface area contributed by atoms with E-state index >= 15 is 0 Å². The summed E-state index contributed by atoms with van der Waals surface area (Å²) in [6.07, 6.45) is 0.227. The van der Waals surface area contributed by atoms with Gasteiger partial charge in [0.05, 0.1) is 92.3 Å². The van der Waals surface area contributed by atoms with Gasteiger partial charge in [0, 0.05) is 0 Å². The molecule has 0 aromatic carbocycles. The molecule has 0 aromatic rings. The first-order valence-corrected chi connectivity index (χ1v) is 10.8. The first-order valence-electron chi connectivity index (χ1n) is 10.8. The Morgan fingerprint density at radius 1 is 0.562 bits per heavy atom.